The van der Waals surface area contributed by atoms with E-state index in [2.05, 4.69) is 26.9 Å². The highest BCUT2D eigenvalue weighted by molar-refractivity contribution is 9.10. The Hall–Kier alpha value is -0.920. The summed E-state index contributed by atoms with van der Waals surface area (Å²) in [5, 5.41) is 8.60. The number of benzene rings is 1. The summed E-state index contributed by atoms with van der Waals surface area (Å²) < 4.78 is 13.5. The first-order valence-corrected chi connectivity index (χ1v) is 5.85. The summed E-state index contributed by atoms with van der Waals surface area (Å²) >= 11 is 3.16. The third-order valence-electron chi connectivity index (χ3n) is 2.56. The minimum absolute atomic E-state index is 0.203. The van der Waals surface area contributed by atoms with Crippen LogP contribution in [0.3, 0.4) is 0 Å². The molecule has 0 saturated heterocycles. The molecule has 0 aliphatic carbocycles. The molecule has 0 fully saturated rings. The second-order valence-electron chi connectivity index (χ2n) is 3.87. The van der Waals surface area contributed by atoms with Gasteiger partial charge in [-0.25, -0.2) is 4.39 Å². The van der Waals surface area contributed by atoms with E-state index in [1.54, 1.807) is 12.1 Å². The van der Waals surface area contributed by atoms with Crippen LogP contribution in [-0.4, -0.2) is 18.0 Å². The third kappa shape index (κ3) is 3.58. The molecule has 0 aliphatic heterocycles. The van der Waals surface area contributed by atoms with Gasteiger partial charge in [-0.3, -0.25) is 4.90 Å². The van der Waals surface area contributed by atoms with Crippen LogP contribution in [0.1, 0.15) is 18.9 Å². The van der Waals surface area contributed by atoms with Gasteiger partial charge in [0.15, 0.2) is 0 Å². The van der Waals surface area contributed by atoms with Crippen LogP contribution < -0.4 is 0 Å². The zero-order valence-corrected chi connectivity index (χ0v) is 11.0. The maximum absolute atomic E-state index is 13.0. The molecule has 0 spiro atoms. The second kappa shape index (κ2) is 5.97. The SMILES string of the molecule is CC(CC#N)N(C)Cc1ccc(F)c(Br)c1. The quantitative estimate of drug-likeness (QED) is 0.848. The average Bonchev–Trinajstić information content (AvgIpc) is 2.24. The van der Waals surface area contributed by atoms with Crippen molar-refractivity contribution in [1.82, 2.24) is 4.90 Å². The van der Waals surface area contributed by atoms with Crippen LogP contribution in [0.4, 0.5) is 4.39 Å². The maximum Gasteiger partial charge on any atom is 0.137 e. The van der Waals surface area contributed by atoms with Gasteiger partial charge in [-0.1, -0.05) is 6.07 Å². The fourth-order valence-corrected chi connectivity index (χ4v) is 1.80. The Balaban J connectivity index is 2.66. The molecule has 1 atom stereocenters. The van der Waals surface area contributed by atoms with Gasteiger partial charge in [-0.15, -0.1) is 0 Å². The first-order valence-electron chi connectivity index (χ1n) is 5.05. The fourth-order valence-electron chi connectivity index (χ4n) is 1.37. The van der Waals surface area contributed by atoms with Crippen LogP contribution in [-0.2, 0) is 6.54 Å². The van der Waals surface area contributed by atoms with Crippen LogP contribution in [0.15, 0.2) is 22.7 Å². The summed E-state index contributed by atoms with van der Waals surface area (Å²) in [5.74, 6) is -0.253. The van der Waals surface area contributed by atoms with Gasteiger partial charge in [0.25, 0.3) is 0 Å². The van der Waals surface area contributed by atoms with Crippen LogP contribution in [0.5, 0.6) is 0 Å². The molecule has 4 heteroatoms. The molecule has 0 saturated carbocycles. The van der Waals surface area contributed by atoms with Crippen LogP contribution in [0.2, 0.25) is 0 Å². The third-order valence-corrected chi connectivity index (χ3v) is 3.16. The predicted molar refractivity (Wildman–Crippen MR) is 65.3 cm³/mol. The number of rotatable bonds is 4. The lowest BCUT2D eigenvalue weighted by molar-refractivity contribution is 0.252. The van der Waals surface area contributed by atoms with E-state index in [0.717, 1.165) is 5.56 Å². The van der Waals surface area contributed by atoms with Crippen molar-refractivity contribution in [2.75, 3.05) is 7.05 Å². The van der Waals surface area contributed by atoms with Crippen molar-refractivity contribution in [2.24, 2.45) is 0 Å². The Morgan fingerprint density at radius 3 is 2.81 bits per heavy atom. The van der Waals surface area contributed by atoms with Crippen molar-refractivity contribution in [3.8, 4) is 6.07 Å². The Morgan fingerprint density at radius 1 is 1.56 bits per heavy atom. The minimum Gasteiger partial charge on any atom is -0.298 e. The maximum atomic E-state index is 13.0. The average molecular weight is 285 g/mol. The topological polar surface area (TPSA) is 27.0 Å². The van der Waals surface area contributed by atoms with Crippen LogP contribution in [0, 0.1) is 17.1 Å². The highest BCUT2D eigenvalue weighted by Crippen LogP contribution is 2.18. The largest absolute Gasteiger partial charge is 0.298 e. The van der Waals surface area contributed by atoms with Crippen molar-refractivity contribution in [1.29, 1.82) is 5.26 Å². The Labute approximate surface area is 104 Å². The zero-order valence-electron chi connectivity index (χ0n) is 9.37. The number of nitriles is 1. The summed E-state index contributed by atoms with van der Waals surface area (Å²) in [6.45, 7) is 2.71. The van der Waals surface area contributed by atoms with Gasteiger partial charge in [0, 0.05) is 12.6 Å². The summed E-state index contributed by atoms with van der Waals surface area (Å²) in [7, 11) is 1.96. The van der Waals surface area contributed by atoms with Gasteiger partial charge in [0.05, 0.1) is 17.0 Å². The molecule has 1 unspecified atom stereocenters. The molecule has 0 amide bonds. The molecule has 0 heterocycles. The molecule has 0 N–H and O–H groups in total. The van der Waals surface area contributed by atoms with E-state index in [1.807, 2.05) is 14.0 Å². The van der Waals surface area contributed by atoms with Gasteiger partial charge in [0.1, 0.15) is 5.82 Å². The van der Waals surface area contributed by atoms with Gasteiger partial charge >= 0.3 is 0 Å². The lowest BCUT2D eigenvalue weighted by atomic mass is 10.1. The summed E-state index contributed by atoms with van der Waals surface area (Å²) in [4.78, 5) is 2.07. The normalized spacial score (nSPS) is 12.5. The standard InChI is InChI=1S/C12H14BrFN2/c1-9(5-6-15)16(2)8-10-3-4-12(14)11(13)7-10/h3-4,7,9H,5,8H2,1-2H3. The molecule has 0 bridgehead atoms. The lowest BCUT2D eigenvalue weighted by Crippen LogP contribution is -2.28. The molecule has 1 rings (SSSR count). The smallest absolute Gasteiger partial charge is 0.137 e. The lowest BCUT2D eigenvalue weighted by Gasteiger charge is -2.22. The molecule has 1 aromatic rings. The van der Waals surface area contributed by atoms with Gasteiger partial charge in [0.2, 0.25) is 0 Å². The molecule has 2 nitrogen and oxygen atoms in total. The molecular formula is C12H14BrFN2. The van der Waals surface area contributed by atoms with Crippen molar-refractivity contribution in [3.63, 3.8) is 0 Å². The first-order chi connectivity index (χ1) is 7.54. The van der Waals surface area contributed by atoms with Gasteiger partial charge in [-0.05, 0) is 47.6 Å². The van der Waals surface area contributed by atoms with Crippen molar-refractivity contribution in [2.45, 2.75) is 25.9 Å². The van der Waals surface area contributed by atoms with Crippen molar-refractivity contribution < 1.29 is 4.39 Å². The van der Waals surface area contributed by atoms with Gasteiger partial charge in [-0.2, -0.15) is 5.26 Å². The molecule has 0 radical (unpaired) electrons. The van der Waals surface area contributed by atoms with E-state index in [4.69, 9.17) is 5.26 Å². The van der Waals surface area contributed by atoms with E-state index in [1.165, 1.54) is 6.07 Å². The van der Waals surface area contributed by atoms with E-state index in [9.17, 15) is 4.39 Å². The summed E-state index contributed by atoms with van der Waals surface area (Å²) in [6, 6.07) is 7.32. The number of halogens is 2. The van der Waals surface area contributed by atoms with E-state index >= 15 is 0 Å². The highest BCUT2D eigenvalue weighted by atomic mass is 79.9. The number of hydrogen-bond donors (Lipinski definition) is 0. The second-order valence-corrected chi connectivity index (χ2v) is 4.73. The Kier molecular flexibility index (Phi) is 4.91. The van der Waals surface area contributed by atoms with Crippen molar-refractivity contribution >= 4 is 15.9 Å². The fraction of sp³-hybridized carbons (Fsp3) is 0.417. The summed E-state index contributed by atoms with van der Waals surface area (Å²) in [6.07, 6.45) is 0.499. The number of nitrogens with zero attached hydrogens (tertiary/aromatic N) is 2. The molecule has 0 aromatic heterocycles. The molecule has 86 valence electrons. The Bertz CT molecular complexity index is 400. The molecule has 16 heavy (non-hydrogen) atoms. The summed E-state index contributed by atoms with van der Waals surface area (Å²) in [5.41, 5.74) is 1.03. The van der Waals surface area contributed by atoms with E-state index < -0.39 is 0 Å². The first kappa shape index (κ1) is 13.1. The highest BCUT2D eigenvalue weighted by Gasteiger charge is 2.09. The minimum atomic E-state index is -0.253. The monoisotopic (exact) mass is 284 g/mol. The van der Waals surface area contributed by atoms with E-state index in [0.29, 0.717) is 17.4 Å². The van der Waals surface area contributed by atoms with Crippen molar-refractivity contribution in [3.05, 3.63) is 34.1 Å². The van der Waals surface area contributed by atoms with Crippen LogP contribution in [0.25, 0.3) is 0 Å². The molecule has 1 aromatic carbocycles. The van der Waals surface area contributed by atoms with Gasteiger partial charge < -0.3 is 0 Å². The zero-order chi connectivity index (χ0) is 12.1. The predicted octanol–water partition coefficient (Wildman–Crippen LogP) is 3.32. The number of hydrogen-bond acceptors (Lipinski definition) is 2. The Morgan fingerprint density at radius 2 is 2.25 bits per heavy atom. The van der Waals surface area contributed by atoms with E-state index in [-0.39, 0.29) is 11.9 Å². The molecular weight excluding hydrogens is 271 g/mol. The molecule has 0 aliphatic rings. The van der Waals surface area contributed by atoms with Crippen LogP contribution >= 0.6 is 15.9 Å².